The van der Waals surface area contributed by atoms with Gasteiger partial charge in [-0.05, 0) is 50.4 Å². The average molecular weight is 417 g/mol. The Morgan fingerprint density at radius 3 is 2.42 bits per heavy atom. The SMILES string of the molecule is CC1CCN(CCCNC(=O)c2cn(Cc3ccccc3)nc2-c2ccccc2)CC1. The molecule has 4 rings (SSSR count). The topological polar surface area (TPSA) is 50.2 Å². The molecular formula is C26H32N4O. The van der Waals surface area contributed by atoms with Gasteiger partial charge in [0.25, 0.3) is 5.91 Å². The van der Waals surface area contributed by atoms with Crippen molar-refractivity contribution < 1.29 is 4.79 Å². The van der Waals surface area contributed by atoms with Gasteiger partial charge >= 0.3 is 0 Å². The number of hydrogen-bond donors (Lipinski definition) is 1. The summed E-state index contributed by atoms with van der Waals surface area (Å²) in [6, 6.07) is 20.1. The van der Waals surface area contributed by atoms with E-state index in [0.29, 0.717) is 18.7 Å². The number of benzene rings is 2. The summed E-state index contributed by atoms with van der Waals surface area (Å²) < 4.78 is 1.86. The zero-order valence-electron chi connectivity index (χ0n) is 18.3. The molecule has 1 aromatic heterocycles. The minimum Gasteiger partial charge on any atom is -0.352 e. The van der Waals surface area contributed by atoms with Gasteiger partial charge in [-0.2, -0.15) is 5.10 Å². The van der Waals surface area contributed by atoms with Crippen LogP contribution < -0.4 is 5.32 Å². The smallest absolute Gasteiger partial charge is 0.255 e. The van der Waals surface area contributed by atoms with Gasteiger partial charge in [0.05, 0.1) is 12.1 Å². The number of aromatic nitrogens is 2. The first-order valence-corrected chi connectivity index (χ1v) is 11.4. The lowest BCUT2D eigenvalue weighted by molar-refractivity contribution is 0.0951. The van der Waals surface area contributed by atoms with E-state index in [9.17, 15) is 4.79 Å². The Balaban J connectivity index is 1.41. The number of likely N-dealkylation sites (tertiary alicyclic amines) is 1. The Kier molecular flexibility index (Phi) is 7.15. The van der Waals surface area contributed by atoms with Gasteiger partial charge < -0.3 is 10.2 Å². The Morgan fingerprint density at radius 1 is 1.03 bits per heavy atom. The summed E-state index contributed by atoms with van der Waals surface area (Å²) in [5, 5.41) is 7.87. The number of hydrogen-bond acceptors (Lipinski definition) is 3. The minimum absolute atomic E-state index is 0.0505. The molecule has 2 heterocycles. The van der Waals surface area contributed by atoms with Gasteiger partial charge in [0.15, 0.2) is 0 Å². The van der Waals surface area contributed by atoms with Crippen LogP contribution in [0.1, 0.15) is 42.1 Å². The molecule has 1 N–H and O–H groups in total. The highest BCUT2D eigenvalue weighted by Crippen LogP contribution is 2.22. The standard InChI is InChI=1S/C26H32N4O/c1-21-13-17-29(18-14-21)16-8-15-27-26(31)24-20-30(19-22-9-4-2-5-10-22)28-25(24)23-11-6-3-7-12-23/h2-7,9-12,20-21H,8,13-19H2,1H3,(H,27,31). The van der Waals surface area contributed by atoms with Gasteiger partial charge in [-0.3, -0.25) is 9.48 Å². The second kappa shape index (κ2) is 10.4. The Bertz CT molecular complexity index is 960. The van der Waals surface area contributed by atoms with Crippen molar-refractivity contribution in [3.63, 3.8) is 0 Å². The summed E-state index contributed by atoms with van der Waals surface area (Å²) in [5.41, 5.74) is 3.49. The molecule has 0 atom stereocenters. The van der Waals surface area contributed by atoms with E-state index in [2.05, 4.69) is 29.3 Å². The fourth-order valence-corrected chi connectivity index (χ4v) is 4.13. The van der Waals surface area contributed by atoms with Crippen molar-refractivity contribution in [2.75, 3.05) is 26.2 Å². The molecule has 5 nitrogen and oxygen atoms in total. The molecule has 0 aliphatic carbocycles. The fourth-order valence-electron chi connectivity index (χ4n) is 4.13. The fraction of sp³-hybridized carbons (Fsp3) is 0.385. The van der Waals surface area contributed by atoms with Crippen molar-refractivity contribution in [1.29, 1.82) is 0 Å². The lowest BCUT2D eigenvalue weighted by atomic mass is 9.99. The van der Waals surface area contributed by atoms with Crippen LogP contribution in [0, 0.1) is 5.92 Å². The van der Waals surface area contributed by atoms with Crippen molar-refractivity contribution >= 4 is 5.91 Å². The lowest BCUT2D eigenvalue weighted by Crippen LogP contribution is -2.35. The third-order valence-electron chi connectivity index (χ3n) is 6.05. The van der Waals surface area contributed by atoms with E-state index < -0.39 is 0 Å². The largest absolute Gasteiger partial charge is 0.352 e. The minimum atomic E-state index is -0.0505. The quantitative estimate of drug-likeness (QED) is 0.552. The normalized spacial score (nSPS) is 15.1. The summed E-state index contributed by atoms with van der Waals surface area (Å²) in [6.45, 7) is 7.06. The molecule has 1 saturated heterocycles. The number of carbonyl (C=O) groups excluding carboxylic acids is 1. The summed E-state index contributed by atoms with van der Waals surface area (Å²) in [7, 11) is 0. The number of piperidine rings is 1. The van der Waals surface area contributed by atoms with Crippen molar-refractivity contribution in [3.8, 4) is 11.3 Å². The van der Waals surface area contributed by atoms with E-state index in [4.69, 9.17) is 5.10 Å². The van der Waals surface area contributed by atoms with Crippen LogP contribution in [0.5, 0.6) is 0 Å². The highest BCUT2D eigenvalue weighted by atomic mass is 16.1. The number of rotatable bonds is 8. The molecule has 31 heavy (non-hydrogen) atoms. The first-order valence-electron chi connectivity index (χ1n) is 11.4. The van der Waals surface area contributed by atoms with Crippen LogP contribution in [-0.2, 0) is 6.54 Å². The Labute approximate surface area is 185 Å². The van der Waals surface area contributed by atoms with E-state index in [-0.39, 0.29) is 5.91 Å². The predicted molar refractivity (Wildman–Crippen MR) is 125 cm³/mol. The molecule has 1 aliphatic rings. The summed E-state index contributed by atoms with van der Waals surface area (Å²) >= 11 is 0. The number of nitrogens with zero attached hydrogens (tertiary/aromatic N) is 3. The second-order valence-electron chi connectivity index (χ2n) is 8.57. The van der Waals surface area contributed by atoms with E-state index in [0.717, 1.165) is 35.7 Å². The van der Waals surface area contributed by atoms with Crippen LogP contribution in [0.3, 0.4) is 0 Å². The molecule has 2 aromatic carbocycles. The molecule has 0 unspecified atom stereocenters. The zero-order valence-corrected chi connectivity index (χ0v) is 18.3. The Hall–Kier alpha value is -2.92. The molecule has 0 saturated carbocycles. The van der Waals surface area contributed by atoms with Gasteiger partial charge in [-0.15, -0.1) is 0 Å². The number of nitrogens with one attached hydrogen (secondary N) is 1. The number of amides is 1. The van der Waals surface area contributed by atoms with E-state index in [1.54, 1.807) is 0 Å². The highest BCUT2D eigenvalue weighted by molar-refractivity contribution is 5.99. The molecule has 3 aromatic rings. The lowest BCUT2D eigenvalue weighted by Gasteiger charge is -2.30. The summed E-state index contributed by atoms with van der Waals surface area (Å²) in [6.07, 6.45) is 5.41. The first-order chi connectivity index (χ1) is 15.2. The van der Waals surface area contributed by atoms with Crippen molar-refractivity contribution in [2.45, 2.75) is 32.7 Å². The molecule has 1 amide bonds. The third kappa shape index (κ3) is 5.82. The molecule has 0 bridgehead atoms. The van der Waals surface area contributed by atoms with Crippen molar-refractivity contribution in [2.24, 2.45) is 5.92 Å². The Morgan fingerprint density at radius 2 is 1.71 bits per heavy atom. The molecule has 5 heteroatoms. The molecule has 162 valence electrons. The molecule has 0 radical (unpaired) electrons. The van der Waals surface area contributed by atoms with E-state index in [1.807, 2.05) is 59.4 Å². The molecule has 0 spiro atoms. The van der Waals surface area contributed by atoms with Gasteiger partial charge in [0.2, 0.25) is 0 Å². The van der Waals surface area contributed by atoms with Crippen LogP contribution in [0.2, 0.25) is 0 Å². The van der Waals surface area contributed by atoms with E-state index in [1.165, 1.54) is 25.9 Å². The van der Waals surface area contributed by atoms with Crippen molar-refractivity contribution in [3.05, 3.63) is 78.0 Å². The van der Waals surface area contributed by atoms with Crippen LogP contribution >= 0.6 is 0 Å². The highest BCUT2D eigenvalue weighted by Gasteiger charge is 2.19. The van der Waals surface area contributed by atoms with Gasteiger partial charge in [-0.1, -0.05) is 67.6 Å². The van der Waals surface area contributed by atoms with Crippen LogP contribution in [-0.4, -0.2) is 46.8 Å². The van der Waals surface area contributed by atoms with E-state index >= 15 is 0 Å². The van der Waals surface area contributed by atoms with Gasteiger partial charge in [0, 0.05) is 18.3 Å². The maximum absolute atomic E-state index is 13.0. The zero-order chi connectivity index (χ0) is 21.5. The predicted octanol–water partition coefficient (Wildman–Crippen LogP) is 4.45. The average Bonchev–Trinajstić information content (AvgIpc) is 3.23. The summed E-state index contributed by atoms with van der Waals surface area (Å²) in [5.74, 6) is 0.796. The van der Waals surface area contributed by atoms with Gasteiger partial charge in [-0.25, -0.2) is 0 Å². The molecule has 1 fully saturated rings. The van der Waals surface area contributed by atoms with Crippen LogP contribution in [0.15, 0.2) is 66.9 Å². The summed E-state index contributed by atoms with van der Waals surface area (Å²) in [4.78, 5) is 15.5. The monoisotopic (exact) mass is 416 g/mol. The molecule has 1 aliphatic heterocycles. The van der Waals surface area contributed by atoms with Crippen LogP contribution in [0.4, 0.5) is 0 Å². The maximum Gasteiger partial charge on any atom is 0.255 e. The molecular weight excluding hydrogens is 384 g/mol. The van der Waals surface area contributed by atoms with Gasteiger partial charge in [0.1, 0.15) is 5.69 Å². The first kappa shape index (κ1) is 21.3. The maximum atomic E-state index is 13.0. The second-order valence-corrected chi connectivity index (χ2v) is 8.57. The van der Waals surface area contributed by atoms with Crippen LogP contribution in [0.25, 0.3) is 11.3 Å². The third-order valence-corrected chi connectivity index (χ3v) is 6.05. The van der Waals surface area contributed by atoms with Crippen molar-refractivity contribution in [1.82, 2.24) is 20.0 Å². The number of carbonyl (C=O) groups is 1.